The van der Waals surface area contributed by atoms with Gasteiger partial charge >= 0.3 is 0 Å². The summed E-state index contributed by atoms with van der Waals surface area (Å²) < 4.78 is 0. The number of aryl methyl sites for hydroxylation is 1. The third-order valence-electron chi connectivity index (χ3n) is 5.25. The number of carbonyl (C=O) groups is 1. The number of nitrogens with zero attached hydrogens (tertiary/aromatic N) is 4. The Morgan fingerprint density at radius 1 is 1.07 bits per heavy atom. The summed E-state index contributed by atoms with van der Waals surface area (Å²) in [6.45, 7) is 3.97. The van der Waals surface area contributed by atoms with E-state index in [-0.39, 0.29) is 11.9 Å². The van der Waals surface area contributed by atoms with Crippen LogP contribution in [0.3, 0.4) is 0 Å². The van der Waals surface area contributed by atoms with Crippen LogP contribution >= 0.6 is 0 Å². The molecule has 0 radical (unpaired) electrons. The molecule has 29 heavy (non-hydrogen) atoms. The predicted molar refractivity (Wildman–Crippen MR) is 113 cm³/mol. The van der Waals surface area contributed by atoms with Gasteiger partial charge in [0.1, 0.15) is 0 Å². The van der Waals surface area contributed by atoms with Crippen LogP contribution in [0.4, 0.5) is 5.95 Å². The van der Waals surface area contributed by atoms with Gasteiger partial charge in [0.2, 0.25) is 5.95 Å². The Bertz CT molecular complexity index is 916. The summed E-state index contributed by atoms with van der Waals surface area (Å²) in [6, 6.07) is 13.5. The summed E-state index contributed by atoms with van der Waals surface area (Å²) in [5.74, 6) is 0.551. The van der Waals surface area contributed by atoms with Crippen molar-refractivity contribution >= 4 is 11.9 Å². The summed E-state index contributed by atoms with van der Waals surface area (Å²) in [6.07, 6.45) is 8.18. The van der Waals surface area contributed by atoms with Gasteiger partial charge in [-0.2, -0.15) is 0 Å². The van der Waals surface area contributed by atoms with Crippen molar-refractivity contribution in [3.8, 4) is 0 Å². The fourth-order valence-corrected chi connectivity index (χ4v) is 3.70. The standard InChI is InChI=1S/C23H25N5O/c1-2-20-19(16-25-23(26-20)28-13-6-7-14-28)22(29)27-21(17-9-4-3-5-10-17)18-11-8-12-24-15-18/h3-5,8-12,15-16,21H,2,6-7,13-14H2,1H3,(H,27,29). The summed E-state index contributed by atoms with van der Waals surface area (Å²) in [7, 11) is 0. The van der Waals surface area contributed by atoms with Gasteiger partial charge in [0.05, 0.1) is 17.3 Å². The maximum Gasteiger partial charge on any atom is 0.255 e. The third-order valence-corrected chi connectivity index (χ3v) is 5.25. The highest BCUT2D eigenvalue weighted by atomic mass is 16.1. The number of nitrogens with one attached hydrogen (secondary N) is 1. The molecule has 1 fully saturated rings. The number of hydrogen-bond donors (Lipinski definition) is 1. The second kappa shape index (κ2) is 8.82. The number of anilines is 1. The second-order valence-corrected chi connectivity index (χ2v) is 7.18. The quantitative estimate of drug-likeness (QED) is 0.700. The number of hydrogen-bond acceptors (Lipinski definition) is 5. The first-order chi connectivity index (χ1) is 14.3. The molecule has 1 aromatic carbocycles. The summed E-state index contributed by atoms with van der Waals surface area (Å²) in [5, 5.41) is 3.16. The van der Waals surface area contributed by atoms with Crippen LogP contribution in [0.2, 0.25) is 0 Å². The molecule has 1 saturated heterocycles. The van der Waals surface area contributed by atoms with E-state index >= 15 is 0 Å². The minimum atomic E-state index is -0.291. The van der Waals surface area contributed by atoms with Gasteiger partial charge in [-0.25, -0.2) is 9.97 Å². The first-order valence-electron chi connectivity index (χ1n) is 10.1. The molecule has 0 spiro atoms. The lowest BCUT2D eigenvalue weighted by Crippen LogP contribution is -2.31. The summed E-state index contributed by atoms with van der Waals surface area (Å²) in [4.78, 5) is 28.8. The number of benzene rings is 1. The van der Waals surface area contributed by atoms with Crippen LogP contribution in [-0.2, 0) is 6.42 Å². The largest absolute Gasteiger partial charge is 0.341 e. The molecule has 3 heterocycles. The van der Waals surface area contributed by atoms with E-state index in [2.05, 4.69) is 25.2 Å². The molecular weight excluding hydrogens is 362 g/mol. The molecule has 6 heteroatoms. The molecule has 1 aliphatic rings. The first-order valence-corrected chi connectivity index (χ1v) is 10.1. The molecular formula is C23H25N5O. The van der Waals surface area contributed by atoms with Crippen molar-refractivity contribution in [1.82, 2.24) is 20.3 Å². The number of pyridine rings is 1. The van der Waals surface area contributed by atoms with Crippen LogP contribution in [0.15, 0.2) is 61.1 Å². The average molecular weight is 387 g/mol. The monoisotopic (exact) mass is 387 g/mol. The van der Waals surface area contributed by atoms with E-state index in [1.54, 1.807) is 18.6 Å². The van der Waals surface area contributed by atoms with Gasteiger partial charge in [-0.3, -0.25) is 9.78 Å². The number of rotatable bonds is 6. The van der Waals surface area contributed by atoms with Gasteiger partial charge in [-0.05, 0) is 36.5 Å². The van der Waals surface area contributed by atoms with Crippen molar-refractivity contribution in [2.24, 2.45) is 0 Å². The molecule has 2 aromatic heterocycles. The van der Waals surface area contributed by atoms with Crippen molar-refractivity contribution in [3.05, 3.63) is 83.4 Å². The number of aromatic nitrogens is 3. The lowest BCUT2D eigenvalue weighted by Gasteiger charge is -2.21. The van der Waals surface area contributed by atoms with Crippen LogP contribution in [0, 0.1) is 0 Å². The Hall–Kier alpha value is -3.28. The molecule has 0 bridgehead atoms. The van der Waals surface area contributed by atoms with E-state index < -0.39 is 0 Å². The smallest absolute Gasteiger partial charge is 0.255 e. The van der Waals surface area contributed by atoms with Crippen LogP contribution < -0.4 is 10.2 Å². The molecule has 0 aliphatic carbocycles. The number of carbonyl (C=O) groups excluding carboxylic acids is 1. The molecule has 148 valence electrons. The van der Waals surface area contributed by atoms with Crippen LogP contribution in [0.5, 0.6) is 0 Å². The van der Waals surface area contributed by atoms with Gasteiger partial charge in [0, 0.05) is 31.7 Å². The average Bonchev–Trinajstić information content (AvgIpc) is 3.33. The Labute approximate surface area is 171 Å². The van der Waals surface area contributed by atoms with Gasteiger partial charge < -0.3 is 10.2 Å². The van der Waals surface area contributed by atoms with Gasteiger partial charge in [0.15, 0.2) is 0 Å². The van der Waals surface area contributed by atoms with Crippen molar-refractivity contribution in [2.45, 2.75) is 32.2 Å². The van der Waals surface area contributed by atoms with E-state index in [9.17, 15) is 4.79 Å². The SMILES string of the molecule is CCc1nc(N2CCCC2)ncc1C(=O)NC(c1ccccc1)c1cccnc1. The lowest BCUT2D eigenvalue weighted by molar-refractivity contribution is 0.0941. The maximum absolute atomic E-state index is 13.2. The molecule has 0 saturated carbocycles. The molecule has 3 aromatic rings. The number of amides is 1. The highest BCUT2D eigenvalue weighted by molar-refractivity contribution is 5.95. The van der Waals surface area contributed by atoms with Gasteiger partial charge in [-0.1, -0.05) is 43.3 Å². The Morgan fingerprint density at radius 2 is 1.83 bits per heavy atom. The molecule has 1 unspecified atom stereocenters. The van der Waals surface area contributed by atoms with Crippen molar-refractivity contribution in [2.75, 3.05) is 18.0 Å². The highest BCUT2D eigenvalue weighted by Crippen LogP contribution is 2.23. The van der Waals surface area contributed by atoms with Crippen molar-refractivity contribution < 1.29 is 4.79 Å². The first kappa shape index (κ1) is 19.1. The minimum absolute atomic E-state index is 0.174. The summed E-state index contributed by atoms with van der Waals surface area (Å²) >= 11 is 0. The highest BCUT2D eigenvalue weighted by Gasteiger charge is 2.22. The van der Waals surface area contributed by atoms with E-state index in [1.165, 1.54) is 0 Å². The Kier molecular flexibility index (Phi) is 5.79. The van der Waals surface area contributed by atoms with E-state index in [0.717, 1.165) is 48.7 Å². The lowest BCUT2D eigenvalue weighted by atomic mass is 9.99. The maximum atomic E-state index is 13.2. The van der Waals surface area contributed by atoms with Crippen molar-refractivity contribution in [3.63, 3.8) is 0 Å². The molecule has 1 N–H and O–H groups in total. The normalized spacial score (nSPS) is 14.6. The third kappa shape index (κ3) is 4.26. The zero-order valence-corrected chi connectivity index (χ0v) is 16.6. The Morgan fingerprint density at radius 3 is 2.52 bits per heavy atom. The van der Waals surface area contributed by atoms with Crippen molar-refractivity contribution in [1.29, 1.82) is 0 Å². The van der Waals surface area contributed by atoms with E-state index in [4.69, 9.17) is 0 Å². The topological polar surface area (TPSA) is 71.0 Å². The molecule has 4 rings (SSSR count). The fraction of sp³-hybridized carbons (Fsp3) is 0.304. The molecule has 6 nitrogen and oxygen atoms in total. The van der Waals surface area contributed by atoms with E-state index in [0.29, 0.717) is 12.0 Å². The predicted octanol–water partition coefficient (Wildman–Crippen LogP) is 3.55. The minimum Gasteiger partial charge on any atom is -0.341 e. The molecule has 1 atom stereocenters. The van der Waals surface area contributed by atoms with E-state index in [1.807, 2.05) is 49.4 Å². The second-order valence-electron chi connectivity index (χ2n) is 7.18. The molecule has 1 aliphatic heterocycles. The zero-order chi connectivity index (χ0) is 20.1. The van der Waals surface area contributed by atoms with Crippen LogP contribution in [-0.4, -0.2) is 33.9 Å². The molecule has 1 amide bonds. The van der Waals surface area contributed by atoms with Crippen LogP contribution in [0.25, 0.3) is 0 Å². The fourth-order valence-electron chi connectivity index (χ4n) is 3.70. The van der Waals surface area contributed by atoms with Gasteiger partial charge in [0.25, 0.3) is 5.91 Å². The Balaban J connectivity index is 1.62. The van der Waals surface area contributed by atoms with Crippen LogP contribution in [0.1, 0.15) is 53.0 Å². The summed E-state index contributed by atoms with van der Waals surface area (Å²) in [5.41, 5.74) is 3.24. The van der Waals surface area contributed by atoms with Gasteiger partial charge in [-0.15, -0.1) is 0 Å². The zero-order valence-electron chi connectivity index (χ0n) is 16.6.